The first-order valence-corrected chi connectivity index (χ1v) is 10.8. The molecule has 0 atom stereocenters. The number of carbonyl (C=O) groups excluding carboxylic acids is 3. The minimum absolute atomic E-state index is 0.0126. The molecular weight excluding hydrogens is 422 g/mol. The van der Waals surface area contributed by atoms with Crippen LogP contribution in [-0.2, 0) is 16.1 Å². The standard InChI is InChI=1S/C25H25N3O5/c1-15-21(14-26-22(29)17-9-6-10-18(13-17)25(31)32-2)28-24(33-15)19-11-3-4-12-20(19)27-23(30)16-7-5-8-16/h3-4,6,9-13,16H,5,7-8,14H2,1-2H3,(H,26,29)(H,27,30). The van der Waals surface area contributed by atoms with Crippen LogP contribution in [0.4, 0.5) is 5.69 Å². The topological polar surface area (TPSA) is 111 Å². The van der Waals surface area contributed by atoms with Gasteiger partial charge in [0, 0.05) is 11.5 Å². The smallest absolute Gasteiger partial charge is 0.337 e. The minimum atomic E-state index is -0.510. The summed E-state index contributed by atoms with van der Waals surface area (Å²) in [5.74, 6) is 0.150. The average Bonchev–Trinajstić information content (AvgIpc) is 3.16. The fraction of sp³-hybridized carbons (Fsp3) is 0.280. The van der Waals surface area contributed by atoms with Crippen molar-refractivity contribution in [1.29, 1.82) is 0 Å². The highest BCUT2D eigenvalue weighted by Gasteiger charge is 2.26. The Morgan fingerprint density at radius 3 is 2.58 bits per heavy atom. The average molecular weight is 447 g/mol. The Hall–Kier alpha value is -3.94. The molecule has 1 fully saturated rings. The van der Waals surface area contributed by atoms with Crippen molar-refractivity contribution in [3.8, 4) is 11.5 Å². The van der Waals surface area contributed by atoms with Crippen LogP contribution in [0.1, 0.15) is 51.4 Å². The molecule has 0 bridgehead atoms. The molecule has 1 heterocycles. The molecule has 0 spiro atoms. The van der Waals surface area contributed by atoms with Crippen LogP contribution in [-0.4, -0.2) is 29.9 Å². The molecule has 1 aromatic heterocycles. The summed E-state index contributed by atoms with van der Waals surface area (Å²) in [5.41, 5.74) is 2.53. The number of aryl methyl sites for hydroxylation is 1. The normalized spacial score (nSPS) is 13.2. The molecule has 0 aliphatic heterocycles. The number of amides is 2. The lowest BCUT2D eigenvalue weighted by molar-refractivity contribution is -0.122. The minimum Gasteiger partial charge on any atom is -0.465 e. The number of benzene rings is 2. The fourth-order valence-corrected chi connectivity index (χ4v) is 3.56. The maximum Gasteiger partial charge on any atom is 0.337 e. The monoisotopic (exact) mass is 447 g/mol. The molecule has 0 saturated heterocycles. The van der Waals surface area contributed by atoms with Crippen molar-refractivity contribution < 1.29 is 23.5 Å². The van der Waals surface area contributed by atoms with Gasteiger partial charge in [0.05, 0.1) is 30.5 Å². The van der Waals surface area contributed by atoms with Gasteiger partial charge >= 0.3 is 5.97 Å². The molecular formula is C25H25N3O5. The van der Waals surface area contributed by atoms with Crippen LogP contribution < -0.4 is 10.6 Å². The number of hydrogen-bond donors (Lipinski definition) is 2. The number of aromatic nitrogens is 1. The van der Waals surface area contributed by atoms with Crippen LogP contribution >= 0.6 is 0 Å². The summed E-state index contributed by atoms with van der Waals surface area (Å²) in [6, 6.07) is 13.6. The molecule has 2 aromatic carbocycles. The molecule has 1 aliphatic rings. The van der Waals surface area contributed by atoms with Crippen molar-refractivity contribution in [2.24, 2.45) is 5.92 Å². The van der Waals surface area contributed by atoms with E-state index in [0.29, 0.717) is 39.7 Å². The second kappa shape index (κ2) is 9.68. The number of nitrogens with zero attached hydrogens (tertiary/aromatic N) is 1. The van der Waals surface area contributed by atoms with E-state index in [0.717, 1.165) is 19.3 Å². The van der Waals surface area contributed by atoms with Crippen LogP contribution in [0, 0.1) is 12.8 Å². The second-order valence-electron chi connectivity index (χ2n) is 7.94. The highest BCUT2D eigenvalue weighted by molar-refractivity contribution is 5.98. The fourth-order valence-electron chi connectivity index (χ4n) is 3.56. The number of rotatable bonds is 7. The number of esters is 1. The van der Waals surface area contributed by atoms with Gasteiger partial charge in [0.15, 0.2) is 0 Å². The van der Waals surface area contributed by atoms with E-state index in [-0.39, 0.29) is 24.3 Å². The number of anilines is 1. The van der Waals surface area contributed by atoms with E-state index in [4.69, 9.17) is 9.15 Å². The predicted molar refractivity (Wildman–Crippen MR) is 122 cm³/mol. The second-order valence-corrected chi connectivity index (χ2v) is 7.94. The summed E-state index contributed by atoms with van der Waals surface area (Å²) in [6.07, 6.45) is 2.91. The van der Waals surface area contributed by atoms with Crippen molar-refractivity contribution in [2.75, 3.05) is 12.4 Å². The van der Waals surface area contributed by atoms with Crippen LogP contribution in [0.3, 0.4) is 0 Å². The molecule has 170 valence electrons. The molecule has 33 heavy (non-hydrogen) atoms. The maximum absolute atomic E-state index is 12.6. The van der Waals surface area contributed by atoms with E-state index >= 15 is 0 Å². The summed E-state index contributed by atoms with van der Waals surface area (Å²) in [6.45, 7) is 1.92. The van der Waals surface area contributed by atoms with Gasteiger partial charge in [-0.05, 0) is 50.1 Å². The van der Waals surface area contributed by atoms with Crippen molar-refractivity contribution in [3.63, 3.8) is 0 Å². The molecule has 2 N–H and O–H groups in total. The van der Waals surface area contributed by atoms with Gasteiger partial charge in [-0.15, -0.1) is 0 Å². The van der Waals surface area contributed by atoms with Gasteiger partial charge in [0.1, 0.15) is 11.5 Å². The molecule has 0 unspecified atom stereocenters. The zero-order valence-electron chi connectivity index (χ0n) is 18.5. The molecule has 0 radical (unpaired) electrons. The van der Waals surface area contributed by atoms with E-state index in [1.165, 1.54) is 13.2 Å². The van der Waals surface area contributed by atoms with Crippen molar-refractivity contribution >= 4 is 23.5 Å². The van der Waals surface area contributed by atoms with Gasteiger partial charge in [0.2, 0.25) is 11.8 Å². The third kappa shape index (κ3) is 4.95. The summed E-state index contributed by atoms with van der Waals surface area (Å²) < 4.78 is 10.5. The zero-order chi connectivity index (χ0) is 23.4. The molecule has 1 saturated carbocycles. The Bertz CT molecular complexity index is 1200. The van der Waals surface area contributed by atoms with E-state index in [2.05, 4.69) is 15.6 Å². The molecule has 4 rings (SSSR count). The lowest BCUT2D eigenvalue weighted by Crippen LogP contribution is -2.28. The molecule has 1 aliphatic carbocycles. The van der Waals surface area contributed by atoms with Crippen molar-refractivity contribution in [2.45, 2.75) is 32.7 Å². The number of oxazole rings is 1. The van der Waals surface area contributed by atoms with Gasteiger partial charge in [-0.25, -0.2) is 9.78 Å². The first-order chi connectivity index (χ1) is 16.0. The number of hydrogen-bond acceptors (Lipinski definition) is 6. The summed E-state index contributed by atoms with van der Waals surface area (Å²) >= 11 is 0. The highest BCUT2D eigenvalue weighted by Crippen LogP contribution is 2.32. The number of nitrogens with one attached hydrogen (secondary N) is 2. The third-order valence-corrected chi connectivity index (χ3v) is 5.75. The van der Waals surface area contributed by atoms with Crippen molar-refractivity contribution in [3.05, 3.63) is 71.1 Å². The van der Waals surface area contributed by atoms with E-state index in [9.17, 15) is 14.4 Å². The van der Waals surface area contributed by atoms with Gasteiger partial charge in [-0.1, -0.05) is 24.6 Å². The van der Waals surface area contributed by atoms with Crippen LogP contribution in [0.2, 0.25) is 0 Å². The Morgan fingerprint density at radius 2 is 1.85 bits per heavy atom. The molecule has 2 amide bonds. The number of ether oxygens (including phenoxy) is 1. The maximum atomic E-state index is 12.6. The van der Waals surface area contributed by atoms with Crippen LogP contribution in [0.5, 0.6) is 0 Å². The predicted octanol–water partition coefficient (Wildman–Crippen LogP) is 4.11. The Labute approximate surface area is 191 Å². The number of methoxy groups -OCH3 is 1. The van der Waals surface area contributed by atoms with Crippen LogP contribution in [0.25, 0.3) is 11.5 Å². The summed E-state index contributed by atoms with van der Waals surface area (Å²) in [7, 11) is 1.29. The summed E-state index contributed by atoms with van der Waals surface area (Å²) in [4.78, 5) is 41.2. The summed E-state index contributed by atoms with van der Waals surface area (Å²) in [5, 5.41) is 5.78. The molecule has 8 heteroatoms. The van der Waals surface area contributed by atoms with Crippen molar-refractivity contribution in [1.82, 2.24) is 10.3 Å². The van der Waals surface area contributed by atoms with Gasteiger partial charge in [0.25, 0.3) is 5.91 Å². The number of para-hydroxylation sites is 1. The lowest BCUT2D eigenvalue weighted by Gasteiger charge is -2.24. The Balaban J connectivity index is 1.47. The highest BCUT2D eigenvalue weighted by atomic mass is 16.5. The Morgan fingerprint density at radius 1 is 1.09 bits per heavy atom. The zero-order valence-corrected chi connectivity index (χ0v) is 18.5. The largest absolute Gasteiger partial charge is 0.465 e. The Kier molecular flexibility index (Phi) is 6.53. The third-order valence-electron chi connectivity index (χ3n) is 5.75. The SMILES string of the molecule is COC(=O)c1cccc(C(=O)NCc2nc(-c3ccccc3NC(=O)C3CCC3)oc2C)c1. The number of carbonyl (C=O) groups is 3. The van der Waals surface area contributed by atoms with Gasteiger partial charge < -0.3 is 19.8 Å². The quantitative estimate of drug-likeness (QED) is 0.528. The molecule has 8 nitrogen and oxygen atoms in total. The lowest BCUT2D eigenvalue weighted by atomic mass is 9.85. The van der Waals surface area contributed by atoms with Gasteiger partial charge in [-0.3, -0.25) is 9.59 Å². The first kappa shape index (κ1) is 22.3. The van der Waals surface area contributed by atoms with Crippen LogP contribution in [0.15, 0.2) is 52.9 Å². The van der Waals surface area contributed by atoms with E-state index in [1.807, 2.05) is 24.3 Å². The van der Waals surface area contributed by atoms with Gasteiger partial charge in [-0.2, -0.15) is 0 Å². The van der Waals surface area contributed by atoms with E-state index in [1.54, 1.807) is 25.1 Å². The van der Waals surface area contributed by atoms with E-state index < -0.39 is 5.97 Å². The molecule has 3 aromatic rings. The first-order valence-electron chi connectivity index (χ1n) is 10.8.